The minimum absolute atomic E-state index is 0.0187. The topological polar surface area (TPSA) is 72.3 Å². The third kappa shape index (κ3) is 2.83. The lowest BCUT2D eigenvalue weighted by Crippen LogP contribution is -2.49. The van der Waals surface area contributed by atoms with E-state index in [9.17, 15) is 13.2 Å². The van der Waals surface area contributed by atoms with Gasteiger partial charge < -0.3 is 4.57 Å². The molecule has 8 heteroatoms. The maximum Gasteiger partial charge on any atom is 0.258 e. The van der Waals surface area contributed by atoms with Crippen molar-refractivity contribution in [3.63, 3.8) is 0 Å². The molecule has 1 fully saturated rings. The summed E-state index contributed by atoms with van der Waals surface area (Å²) in [4.78, 5) is 17.2. The van der Waals surface area contributed by atoms with Crippen LogP contribution in [0.25, 0.3) is 11.1 Å². The lowest BCUT2D eigenvalue weighted by Gasteiger charge is -2.42. The van der Waals surface area contributed by atoms with Crippen molar-refractivity contribution in [1.82, 2.24) is 13.9 Å². The van der Waals surface area contributed by atoms with Gasteiger partial charge in [-0.05, 0) is 42.0 Å². The second-order valence-electron chi connectivity index (χ2n) is 7.38. The van der Waals surface area contributed by atoms with E-state index in [2.05, 4.69) is 4.98 Å². The van der Waals surface area contributed by atoms with E-state index >= 15 is 0 Å². The van der Waals surface area contributed by atoms with Crippen LogP contribution >= 0.6 is 11.3 Å². The Morgan fingerprint density at radius 3 is 2.71 bits per heavy atom. The van der Waals surface area contributed by atoms with Crippen molar-refractivity contribution >= 4 is 21.4 Å². The largest absolute Gasteiger partial charge is 0.311 e. The molecule has 2 aliphatic rings. The number of nitrogens with zero attached hydrogens (tertiary/aromatic N) is 3. The summed E-state index contributed by atoms with van der Waals surface area (Å²) in [6, 6.07) is 10.9. The Hall–Kier alpha value is -2.29. The molecule has 0 N–H and O–H groups in total. The molecular weight excluding hydrogens is 394 g/mol. The van der Waals surface area contributed by atoms with E-state index in [1.807, 2.05) is 28.8 Å². The highest BCUT2D eigenvalue weighted by Gasteiger charge is 2.40. The van der Waals surface area contributed by atoms with Crippen LogP contribution in [0.4, 0.5) is 0 Å². The van der Waals surface area contributed by atoms with Gasteiger partial charge in [-0.3, -0.25) is 9.78 Å². The van der Waals surface area contributed by atoms with Crippen molar-refractivity contribution in [2.75, 3.05) is 13.1 Å². The maximum atomic E-state index is 13.1. The summed E-state index contributed by atoms with van der Waals surface area (Å²) in [5.74, 6) is 0.181. The van der Waals surface area contributed by atoms with Crippen LogP contribution in [0, 0.1) is 5.92 Å². The van der Waals surface area contributed by atoms with Crippen LogP contribution in [0.5, 0.6) is 0 Å². The molecule has 0 spiro atoms. The third-order valence-corrected chi connectivity index (χ3v) is 8.84. The van der Waals surface area contributed by atoms with E-state index in [0.29, 0.717) is 29.4 Å². The Balaban J connectivity index is 1.52. The monoisotopic (exact) mass is 413 g/mol. The van der Waals surface area contributed by atoms with Gasteiger partial charge in [0.25, 0.3) is 15.6 Å². The molecule has 3 aromatic rings. The van der Waals surface area contributed by atoms with E-state index in [1.165, 1.54) is 11.3 Å². The second-order valence-corrected chi connectivity index (χ2v) is 10.5. The fraction of sp³-hybridized carbons (Fsp3) is 0.300. The van der Waals surface area contributed by atoms with Crippen LogP contribution in [0.15, 0.2) is 63.2 Å². The predicted molar refractivity (Wildman–Crippen MR) is 108 cm³/mol. The van der Waals surface area contributed by atoms with Gasteiger partial charge in [0.15, 0.2) is 0 Å². The number of rotatable bonds is 3. The minimum Gasteiger partial charge on any atom is -0.311 e. The molecule has 2 bridgehead atoms. The van der Waals surface area contributed by atoms with Crippen LogP contribution < -0.4 is 5.56 Å². The average molecular weight is 414 g/mol. The molecule has 28 heavy (non-hydrogen) atoms. The minimum atomic E-state index is -3.47. The van der Waals surface area contributed by atoms with Crippen molar-refractivity contribution < 1.29 is 8.42 Å². The Labute approximate surface area is 167 Å². The first-order chi connectivity index (χ1) is 13.5. The number of thiophene rings is 1. The molecule has 2 atom stereocenters. The van der Waals surface area contributed by atoms with E-state index < -0.39 is 10.0 Å². The predicted octanol–water partition coefficient (Wildman–Crippen LogP) is 2.78. The molecule has 6 nitrogen and oxygen atoms in total. The van der Waals surface area contributed by atoms with E-state index in [1.54, 1.807) is 34.2 Å². The summed E-state index contributed by atoms with van der Waals surface area (Å²) in [5, 5.41) is 1.78. The molecule has 5 rings (SSSR count). The molecule has 0 radical (unpaired) electrons. The smallest absolute Gasteiger partial charge is 0.258 e. The van der Waals surface area contributed by atoms with Gasteiger partial charge >= 0.3 is 0 Å². The van der Waals surface area contributed by atoms with E-state index in [4.69, 9.17) is 0 Å². The van der Waals surface area contributed by atoms with Gasteiger partial charge in [-0.25, -0.2) is 8.42 Å². The normalized spacial score (nSPS) is 22.0. The first-order valence-corrected chi connectivity index (χ1v) is 11.5. The number of fused-ring (bicyclic) bond motifs is 4. The van der Waals surface area contributed by atoms with Crippen LogP contribution in [-0.4, -0.2) is 35.4 Å². The fourth-order valence-corrected chi connectivity index (χ4v) is 7.08. The lowest BCUT2D eigenvalue weighted by atomic mass is 9.84. The Morgan fingerprint density at radius 2 is 1.96 bits per heavy atom. The molecular formula is C20H19N3O3S2. The Kier molecular flexibility index (Phi) is 4.22. The lowest BCUT2D eigenvalue weighted by molar-refractivity contribution is 0.186. The SMILES string of the molecule is O=c1c(-c2cccnc2)ccc2n1C[C@H]1C[C@@H]2CN(S(=O)(=O)c2cccs2)C1. The number of aromatic nitrogens is 2. The standard InChI is InChI=1S/C20H19N3O3S2/c24-20-17(15-3-1-7-21-10-15)5-6-18-16-9-14(12-23(18)20)11-22(13-16)28(25,26)19-4-2-8-27-19/h1-8,10,14,16H,9,11-13H2/t14-,16+/m0/s1. The quantitative estimate of drug-likeness (QED) is 0.662. The van der Waals surface area contributed by atoms with Crippen LogP contribution in [0.1, 0.15) is 18.0 Å². The Bertz CT molecular complexity index is 1170. The third-order valence-electron chi connectivity index (χ3n) is 5.63. The molecule has 144 valence electrons. The van der Waals surface area contributed by atoms with Gasteiger partial charge in [-0.1, -0.05) is 12.1 Å². The zero-order chi connectivity index (χ0) is 19.3. The summed E-state index contributed by atoms with van der Waals surface area (Å²) in [6.07, 6.45) is 4.30. The van der Waals surface area contributed by atoms with Gasteiger partial charge in [-0.15, -0.1) is 11.3 Å². The van der Waals surface area contributed by atoms with E-state index in [-0.39, 0.29) is 17.4 Å². The van der Waals surface area contributed by atoms with Crippen molar-refractivity contribution in [2.45, 2.75) is 23.1 Å². The molecule has 2 aliphatic heterocycles. The molecule has 0 saturated carbocycles. The molecule has 5 heterocycles. The zero-order valence-electron chi connectivity index (χ0n) is 15.1. The molecule has 0 aliphatic carbocycles. The van der Waals surface area contributed by atoms with Crippen molar-refractivity contribution in [2.24, 2.45) is 5.92 Å². The first-order valence-electron chi connectivity index (χ1n) is 9.22. The Morgan fingerprint density at radius 1 is 1.07 bits per heavy atom. The summed E-state index contributed by atoms with van der Waals surface area (Å²) in [6.45, 7) is 1.43. The highest BCUT2D eigenvalue weighted by atomic mass is 32.2. The summed E-state index contributed by atoms with van der Waals surface area (Å²) in [7, 11) is -3.47. The highest BCUT2D eigenvalue weighted by Crippen LogP contribution is 2.38. The summed E-state index contributed by atoms with van der Waals surface area (Å²) < 4.78 is 29.7. The molecule has 3 aromatic heterocycles. The average Bonchev–Trinajstić information content (AvgIpc) is 3.25. The van der Waals surface area contributed by atoms with Gasteiger partial charge in [0.1, 0.15) is 4.21 Å². The van der Waals surface area contributed by atoms with Gasteiger partial charge in [0, 0.05) is 54.8 Å². The molecule has 0 unspecified atom stereocenters. The van der Waals surface area contributed by atoms with Crippen molar-refractivity contribution in [1.29, 1.82) is 0 Å². The highest BCUT2D eigenvalue weighted by molar-refractivity contribution is 7.91. The van der Waals surface area contributed by atoms with Crippen LogP contribution in [0.3, 0.4) is 0 Å². The van der Waals surface area contributed by atoms with Gasteiger partial charge in [0.05, 0.1) is 0 Å². The summed E-state index contributed by atoms with van der Waals surface area (Å²) >= 11 is 1.25. The fourth-order valence-electron chi connectivity index (χ4n) is 4.38. The second kappa shape index (κ2) is 6.65. The number of hydrogen-bond donors (Lipinski definition) is 0. The zero-order valence-corrected chi connectivity index (χ0v) is 16.7. The number of hydrogen-bond acceptors (Lipinski definition) is 5. The molecule has 0 amide bonds. The van der Waals surface area contributed by atoms with Gasteiger partial charge in [-0.2, -0.15) is 4.31 Å². The van der Waals surface area contributed by atoms with Crippen LogP contribution in [0.2, 0.25) is 0 Å². The van der Waals surface area contributed by atoms with Crippen molar-refractivity contribution in [3.8, 4) is 11.1 Å². The summed E-state index contributed by atoms with van der Waals surface area (Å²) in [5.41, 5.74) is 2.36. The molecule has 0 aromatic carbocycles. The maximum absolute atomic E-state index is 13.1. The van der Waals surface area contributed by atoms with Crippen molar-refractivity contribution in [3.05, 3.63) is 70.2 Å². The van der Waals surface area contributed by atoms with Crippen LogP contribution in [-0.2, 0) is 16.6 Å². The number of pyridine rings is 2. The number of sulfonamides is 1. The van der Waals surface area contributed by atoms with E-state index in [0.717, 1.165) is 17.7 Å². The molecule has 1 saturated heterocycles. The first kappa shape index (κ1) is 17.8. The number of piperidine rings is 1. The van der Waals surface area contributed by atoms with Gasteiger partial charge in [0.2, 0.25) is 0 Å².